The highest BCUT2D eigenvalue weighted by Crippen LogP contribution is 2.06. The van der Waals surface area contributed by atoms with Crippen molar-refractivity contribution in [1.29, 1.82) is 0 Å². The largest absolute Gasteiger partial charge is 0.286 e. The smallest absolute Gasteiger partial charge is 0.199 e. The molecular weight excluding hydrogens is 200 g/mol. The lowest BCUT2D eigenvalue weighted by molar-refractivity contribution is -0.108. The van der Waals surface area contributed by atoms with Crippen LogP contribution in [0.25, 0.3) is 0 Å². The topological polar surface area (TPSA) is 17.1 Å². The number of rotatable bonds is 4. The quantitative estimate of drug-likeness (QED) is 0.524. The van der Waals surface area contributed by atoms with Crippen LogP contribution in [-0.2, 0) is 4.79 Å². The molecule has 0 N–H and O–H groups in total. The van der Waals surface area contributed by atoms with Crippen LogP contribution in [0.4, 0.5) is 0 Å². The summed E-state index contributed by atoms with van der Waals surface area (Å²) in [5.74, 6) is 0.973. The first-order valence-corrected chi connectivity index (χ1v) is 5.13. The van der Waals surface area contributed by atoms with Crippen molar-refractivity contribution in [2.75, 3.05) is 11.1 Å². The maximum absolute atomic E-state index is 10.6. The Kier molecular flexibility index (Phi) is 6.99. The van der Waals surface area contributed by atoms with Crippen LogP contribution in [0.5, 0.6) is 0 Å². The molecule has 0 aromatic rings. The Morgan fingerprint density at radius 2 is 2.33 bits per heavy atom. The van der Waals surface area contributed by atoms with E-state index in [9.17, 15) is 4.79 Å². The highest BCUT2D eigenvalue weighted by atomic mass is 79.9. The van der Waals surface area contributed by atoms with Gasteiger partial charge in [-0.25, -0.2) is 0 Å². The number of halogens is 1. The van der Waals surface area contributed by atoms with Gasteiger partial charge in [-0.15, -0.1) is 0 Å². The minimum atomic E-state index is 0.239. The number of unbranched alkanes of at least 4 members (excludes halogenated alkanes) is 1. The van der Waals surface area contributed by atoms with Crippen LogP contribution in [-0.4, -0.2) is 16.2 Å². The second-order valence-electron chi connectivity index (χ2n) is 1.71. The van der Waals surface area contributed by atoms with Gasteiger partial charge in [0, 0.05) is 5.75 Å². The minimum Gasteiger partial charge on any atom is -0.286 e. The molecule has 3 heteroatoms. The monoisotopic (exact) mass is 210 g/mol. The van der Waals surface area contributed by atoms with Crippen LogP contribution in [0.1, 0.15) is 19.8 Å². The van der Waals surface area contributed by atoms with Crippen LogP contribution in [0.3, 0.4) is 0 Å². The van der Waals surface area contributed by atoms with E-state index in [1.54, 1.807) is 0 Å². The molecule has 0 saturated heterocycles. The molecule has 0 aromatic carbocycles. The lowest BCUT2D eigenvalue weighted by Gasteiger charge is -1.93. The molecule has 0 aliphatic carbocycles. The van der Waals surface area contributed by atoms with E-state index in [-0.39, 0.29) is 5.12 Å². The Labute approximate surface area is 68.7 Å². The molecule has 1 nitrogen and oxygen atoms in total. The van der Waals surface area contributed by atoms with Crippen molar-refractivity contribution in [3.63, 3.8) is 0 Å². The maximum Gasteiger partial charge on any atom is 0.199 e. The molecular formula is C6H11BrOS. The van der Waals surface area contributed by atoms with E-state index >= 15 is 0 Å². The Hall–Kier alpha value is 0.500. The molecule has 0 heterocycles. The summed E-state index contributed by atoms with van der Waals surface area (Å²) >= 11 is 4.51. The number of hydrogen-bond acceptors (Lipinski definition) is 2. The lowest BCUT2D eigenvalue weighted by Crippen LogP contribution is -1.92. The Balaban J connectivity index is 2.97. The van der Waals surface area contributed by atoms with Gasteiger partial charge in [-0.1, -0.05) is 41.0 Å². The standard InChI is InChI=1S/C6H11BrOS/c1-2-3-4-9-6(8)5-7/h2-5H2,1H3. The molecule has 0 aliphatic rings. The molecule has 0 rings (SSSR count). The van der Waals surface area contributed by atoms with E-state index in [1.807, 2.05) is 0 Å². The fourth-order valence-corrected chi connectivity index (χ4v) is 1.59. The molecule has 0 aliphatic heterocycles. The van der Waals surface area contributed by atoms with Crippen molar-refractivity contribution in [1.82, 2.24) is 0 Å². The van der Waals surface area contributed by atoms with Crippen molar-refractivity contribution < 1.29 is 4.79 Å². The summed E-state index contributed by atoms with van der Waals surface area (Å²) in [6.45, 7) is 2.12. The van der Waals surface area contributed by atoms with Gasteiger partial charge in [0.15, 0.2) is 5.12 Å². The maximum atomic E-state index is 10.6. The van der Waals surface area contributed by atoms with Crippen LogP contribution in [0.2, 0.25) is 0 Å². The SMILES string of the molecule is CCCCSC(=O)CBr. The van der Waals surface area contributed by atoms with Crippen molar-refractivity contribution in [3.05, 3.63) is 0 Å². The Morgan fingerprint density at radius 1 is 1.67 bits per heavy atom. The number of carbonyl (C=O) groups excluding carboxylic acids is 1. The summed E-state index contributed by atoms with van der Waals surface area (Å²) in [7, 11) is 0. The van der Waals surface area contributed by atoms with Gasteiger partial charge in [-0.3, -0.25) is 4.79 Å². The van der Waals surface area contributed by atoms with E-state index in [0.717, 1.165) is 12.2 Å². The average Bonchev–Trinajstić information content (AvgIpc) is 1.89. The second-order valence-corrected chi connectivity index (χ2v) is 3.42. The highest BCUT2D eigenvalue weighted by Gasteiger charge is 1.96. The number of alkyl halides is 1. The van der Waals surface area contributed by atoms with Gasteiger partial charge in [-0.2, -0.15) is 0 Å². The third-order valence-corrected chi connectivity index (χ3v) is 2.71. The molecule has 0 bridgehead atoms. The van der Waals surface area contributed by atoms with Crippen LogP contribution < -0.4 is 0 Å². The first-order valence-electron chi connectivity index (χ1n) is 3.02. The summed E-state index contributed by atoms with van der Waals surface area (Å²) in [4.78, 5) is 10.6. The van der Waals surface area contributed by atoms with Crippen LogP contribution >= 0.6 is 27.7 Å². The van der Waals surface area contributed by atoms with Crippen LogP contribution in [0.15, 0.2) is 0 Å². The summed E-state index contributed by atoms with van der Waals surface area (Å²) in [5, 5.41) is 0.727. The number of thioether (sulfide) groups is 1. The molecule has 0 radical (unpaired) electrons. The molecule has 9 heavy (non-hydrogen) atoms. The molecule has 54 valence electrons. The fraction of sp³-hybridized carbons (Fsp3) is 0.833. The van der Waals surface area contributed by atoms with Crippen molar-refractivity contribution in [2.45, 2.75) is 19.8 Å². The van der Waals surface area contributed by atoms with Gasteiger partial charge in [0.2, 0.25) is 0 Å². The zero-order valence-corrected chi connectivity index (χ0v) is 7.93. The van der Waals surface area contributed by atoms with Crippen molar-refractivity contribution in [3.8, 4) is 0 Å². The van der Waals surface area contributed by atoms with E-state index in [2.05, 4.69) is 22.9 Å². The Bertz CT molecular complexity index is 85.1. The summed E-state index contributed by atoms with van der Waals surface area (Å²) < 4.78 is 0. The Morgan fingerprint density at radius 3 is 2.78 bits per heavy atom. The van der Waals surface area contributed by atoms with E-state index in [0.29, 0.717) is 5.33 Å². The zero-order valence-electron chi connectivity index (χ0n) is 5.52. The van der Waals surface area contributed by atoms with Crippen LogP contribution in [0, 0.1) is 0 Å². The van der Waals surface area contributed by atoms with Crippen molar-refractivity contribution >= 4 is 32.8 Å². The summed E-state index contributed by atoms with van der Waals surface area (Å²) in [6.07, 6.45) is 2.31. The van der Waals surface area contributed by atoms with Gasteiger partial charge in [0.05, 0.1) is 5.33 Å². The molecule has 0 aromatic heterocycles. The first-order chi connectivity index (χ1) is 4.31. The fourth-order valence-electron chi connectivity index (χ4n) is 0.369. The van der Waals surface area contributed by atoms with Crippen molar-refractivity contribution in [2.24, 2.45) is 0 Å². The summed E-state index contributed by atoms with van der Waals surface area (Å²) in [5.41, 5.74) is 0. The number of hydrogen-bond donors (Lipinski definition) is 0. The van der Waals surface area contributed by atoms with Gasteiger partial charge in [0.1, 0.15) is 0 Å². The van der Waals surface area contributed by atoms with E-state index < -0.39 is 0 Å². The molecule has 0 saturated carbocycles. The van der Waals surface area contributed by atoms with Gasteiger partial charge < -0.3 is 0 Å². The highest BCUT2D eigenvalue weighted by molar-refractivity contribution is 9.09. The second kappa shape index (κ2) is 6.62. The molecule has 0 spiro atoms. The van der Waals surface area contributed by atoms with Gasteiger partial charge in [-0.05, 0) is 6.42 Å². The van der Waals surface area contributed by atoms with Gasteiger partial charge >= 0.3 is 0 Å². The third kappa shape index (κ3) is 6.38. The molecule has 0 fully saturated rings. The normalized spacial score (nSPS) is 9.56. The third-order valence-electron chi connectivity index (χ3n) is 0.870. The zero-order chi connectivity index (χ0) is 7.11. The van der Waals surface area contributed by atoms with Gasteiger partial charge in [0.25, 0.3) is 0 Å². The van der Waals surface area contributed by atoms with E-state index in [1.165, 1.54) is 18.2 Å². The van der Waals surface area contributed by atoms with E-state index in [4.69, 9.17) is 0 Å². The summed E-state index contributed by atoms with van der Waals surface area (Å²) in [6, 6.07) is 0. The lowest BCUT2D eigenvalue weighted by atomic mass is 10.4. The first kappa shape index (κ1) is 9.50. The molecule has 0 unspecified atom stereocenters. The predicted molar refractivity (Wildman–Crippen MR) is 46.2 cm³/mol. The predicted octanol–water partition coefficient (Wildman–Crippen LogP) is 2.44. The molecule has 0 amide bonds. The minimum absolute atomic E-state index is 0.239. The average molecular weight is 211 g/mol. The number of carbonyl (C=O) groups is 1. The molecule has 0 atom stereocenters.